The van der Waals surface area contributed by atoms with Crippen LogP contribution in [-0.4, -0.2) is 27.9 Å². The molecule has 0 aliphatic carbocycles. The minimum absolute atomic E-state index is 0.179. The van der Waals surface area contributed by atoms with E-state index < -0.39 is 0 Å². The average Bonchev–Trinajstić information content (AvgIpc) is 3.39. The molecule has 140 valence electrons. The Hall–Kier alpha value is -3.07. The van der Waals surface area contributed by atoms with Crippen molar-refractivity contribution in [1.29, 1.82) is 0 Å². The van der Waals surface area contributed by atoms with Crippen LogP contribution in [0.4, 0.5) is 0 Å². The Labute approximate surface area is 159 Å². The highest BCUT2D eigenvalue weighted by molar-refractivity contribution is 7.09. The summed E-state index contributed by atoms with van der Waals surface area (Å²) in [5.74, 6) is 1.74. The number of carbonyl (C=O) groups excluding carboxylic acids is 1. The van der Waals surface area contributed by atoms with E-state index in [-0.39, 0.29) is 25.3 Å². The van der Waals surface area contributed by atoms with Gasteiger partial charge in [0.1, 0.15) is 23.1 Å². The lowest BCUT2D eigenvalue weighted by atomic mass is 10.3. The van der Waals surface area contributed by atoms with E-state index in [1.54, 1.807) is 24.3 Å². The number of nitrogens with zero attached hydrogens (tertiary/aromatic N) is 2. The topological polar surface area (TPSA) is 98.4 Å². The van der Waals surface area contributed by atoms with Gasteiger partial charge in [0.25, 0.3) is 5.91 Å². The number of aromatic nitrogens is 3. The zero-order valence-corrected chi connectivity index (χ0v) is 15.6. The predicted molar refractivity (Wildman–Crippen MR) is 98.2 cm³/mol. The summed E-state index contributed by atoms with van der Waals surface area (Å²) < 4.78 is 16.3. The number of nitrogens with one attached hydrogen (secondary N) is 2. The Morgan fingerprint density at radius 1 is 1.37 bits per heavy atom. The summed E-state index contributed by atoms with van der Waals surface area (Å²) in [6.07, 6.45) is 0. The first kappa shape index (κ1) is 17.3. The number of hydrogen-bond acceptors (Lipinski definition) is 7. The molecule has 0 saturated heterocycles. The summed E-state index contributed by atoms with van der Waals surface area (Å²) in [4.78, 5) is 16.7. The van der Waals surface area contributed by atoms with Gasteiger partial charge in [0.2, 0.25) is 6.79 Å². The number of rotatable bonds is 6. The number of fused-ring (bicyclic) bond motifs is 1. The third-order valence-corrected chi connectivity index (χ3v) is 5.10. The molecule has 27 heavy (non-hydrogen) atoms. The van der Waals surface area contributed by atoms with Gasteiger partial charge in [-0.25, -0.2) is 4.98 Å². The van der Waals surface area contributed by atoms with Crippen LogP contribution in [0.3, 0.4) is 0 Å². The van der Waals surface area contributed by atoms with Crippen LogP contribution in [0.15, 0.2) is 29.6 Å². The first-order chi connectivity index (χ1) is 13.1. The maximum Gasteiger partial charge on any atom is 0.272 e. The Balaban J connectivity index is 1.34. The lowest BCUT2D eigenvalue weighted by molar-refractivity contribution is 0.0934. The highest BCUT2D eigenvalue weighted by Crippen LogP contribution is 2.35. The minimum atomic E-state index is -0.263. The van der Waals surface area contributed by atoms with Crippen LogP contribution in [-0.2, 0) is 6.61 Å². The van der Waals surface area contributed by atoms with Gasteiger partial charge in [-0.1, -0.05) is 0 Å². The predicted octanol–water partition coefficient (Wildman–Crippen LogP) is 2.97. The summed E-state index contributed by atoms with van der Waals surface area (Å²) in [5.41, 5.74) is 1.94. The minimum Gasteiger partial charge on any atom is -0.487 e. The fourth-order valence-electron chi connectivity index (χ4n) is 2.58. The van der Waals surface area contributed by atoms with E-state index in [0.717, 1.165) is 10.7 Å². The van der Waals surface area contributed by atoms with E-state index in [0.29, 0.717) is 28.6 Å². The van der Waals surface area contributed by atoms with Crippen molar-refractivity contribution in [2.24, 2.45) is 0 Å². The smallest absolute Gasteiger partial charge is 0.272 e. The van der Waals surface area contributed by atoms with Crippen LogP contribution < -0.4 is 19.5 Å². The van der Waals surface area contributed by atoms with Gasteiger partial charge in [0, 0.05) is 17.1 Å². The number of ether oxygens (including phenoxy) is 3. The summed E-state index contributed by atoms with van der Waals surface area (Å²) in [6, 6.07) is 6.85. The second-order valence-corrected chi connectivity index (χ2v) is 6.99. The van der Waals surface area contributed by atoms with Crippen molar-refractivity contribution in [3.05, 3.63) is 51.7 Å². The zero-order chi connectivity index (χ0) is 18.8. The van der Waals surface area contributed by atoms with Crippen molar-refractivity contribution in [2.45, 2.75) is 26.5 Å². The van der Waals surface area contributed by atoms with E-state index in [4.69, 9.17) is 14.2 Å². The number of amides is 1. The first-order valence-corrected chi connectivity index (χ1v) is 9.26. The molecular formula is C18H18N4O4S. The van der Waals surface area contributed by atoms with Crippen molar-refractivity contribution >= 4 is 17.2 Å². The van der Waals surface area contributed by atoms with Gasteiger partial charge in [-0.05, 0) is 32.0 Å². The second-order valence-electron chi connectivity index (χ2n) is 6.10. The zero-order valence-electron chi connectivity index (χ0n) is 14.8. The van der Waals surface area contributed by atoms with Gasteiger partial charge >= 0.3 is 0 Å². The molecule has 2 N–H and O–H groups in total. The molecule has 3 heterocycles. The number of benzene rings is 1. The van der Waals surface area contributed by atoms with Crippen molar-refractivity contribution < 1.29 is 19.0 Å². The van der Waals surface area contributed by atoms with Crippen LogP contribution in [0.25, 0.3) is 0 Å². The standard InChI is InChI=1S/C18H18N4O4S/c1-10-8-27-18(19-10)11(2)20-17(23)14-5-12(21-22-14)7-24-13-3-4-15-16(6-13)26-9-25-15/h3-6,8,11H,7,9H2,1-2H3,(H,20,23)(H,21,22)/t11-/m0/s1. The molecule has 0 bridgehead atoms. The molecule has 2 aromatic heterocycles. The lowest BCUT2D eigenvalue weighted by Crippen LogP contribution is -2.26. The molecular weight excluding hydrogens is 368 g/mol. The number of thiazole rings is 1. The molecule has 0 spiro atoms. The van der Waals surface area contributed by atoms with Crippen molar-refractivity contribution in [2.75, 3.05) is 6.79 Å². The third kappa shape index (κ3) is 3.87. The summed E-state index contributed by atoms with van der Waals surface area (Å²) in [7, 11) is 0. The molecule has 3 aromatic rings. The maximum absolute atomic E-state index is 12.4. The van der Waals surface area contributed by atoms with Crippen LogP contribution >= 0.6 is 11.3 Å². The van der Waals surface area contributed by atoms with Gasteiger partial charge < -0.3 is 19.5 Å². The van der Waals surface area contributed by atoms with E-state index in [2.05, 4.69) is 20.5 Å². The van der Waals surface area contributed by atoms with Crippen LogP contribution in [0.1, 0.15) is 39.8 Å². The molecule has 0 saturated carbocycles. The lowest BCUT2D eigenvalue weighted by Gasteiger charge is -2.09. The number of aromatic amines is 1. The molecule has 0 radical (unpaired) electrons. The summed E-state index contributed by atoms with van der Waals surface area (Å²) in [6.45, 7) is 4.29. The average molecular weight is 386 g/mol. The van der Waals surface area contributed by atoms with Gasteiger partial charge in [-0.15, -0.1) is 11.3 Å². The molecule has 0 unspecified atom stereocenters. The molecule has 1 aliphatic heterocycles. The summed E-state index contributed by atoms with van der Waals surface area (Å²) in [5, 5.41) is 12.6. The number of aryl methyl sites for hydroxylation is 1. The molecule has 0 fully saturated rings. The molecule has 1 aromatic carbocycles. The van der Waals surface area contributed by atoms with Crippen LogP contribution in [0.2, 0.25) is 0 Å². The van der Waals surface area contributed by atoms with E-state index in [9.17, 15) is 4.79 Å². The summed E-state index contributed by atoms with van der Waals surface area (Å²) >= 11 is 1.52. The van der Waals surface area contributed by atoms with Gasteiger partial charge in [0.05, 0.1) is 11.7 Å². The monoisotopic (exact) mass is 386 g/mol. The van der Waals surface area contributed by atoms with Crippen LogP contribution in [0, 0.1) is 6.92 Å². The fraction of sp³-hybridized carbons (Fsp3) is 0.278. The SMILES string of the molecule is Cc1csc([C@H](C)NC(=O)c2cc(COc3ccc4c(c3)OCO4)[nH]n2)n1. The highest BCUT2D eigenvalue weighted by atomic mass is 32.1. The second kappa shape index (κ2) is 7.28. The molecule has 1 atom stereocenters. The third-order valence-electron chi connectivity index (χ3n) is 3.96. The quantitative estimate of drug-likeness (QED) is 0.676. The number of hydrogen-bond donors (Lipinski definition) is 2. The molecule has 1 aliphatic rings. The first-order valence-electron chi connectivity index (χ1n) is 8.38. The van der Waals surface area contributed by atoms with Crippen LogP contribution in [0.5, 0.6) is 17.2 Å². The normalized spacial score (nSPS) is 13.4. The molecule has 9 heteroatoms. The van der Waals surface area contributed by atoms with Gasteiger partial charge in [0.15, 0.2) is 11.5 Å². The Morgan fingerprint density at radius 2 is 2.22 bits per heavy atom. The van der Waals surface area contributed by atoms with Gasteiger partial charge in [-0.2, -0.15) is 5.10 Å². The van der Waals surface area contributed by atoms with E-state index in [1.165, 1.54) is 11.3 Å². The Bertz CT molecular complexity index is 968. The van der Waals surface area contributed by atoms with Crippen molar-refractivity contribution in [3.63, 3.8) is 0 Å². The molecule has 4 rings (SSSR count). The fourth-order valence-corrected chi connectivity index (χ4v) is 3.39. The molecule has 8 nitrogen and oxygen atoms in total. The number of carbonyl (C=O) groups is 1. The van der Waals surface area contributed by atoms with E-state index in [1.807, 2.05) is 19.2 Å². The van der Waals surface area contributed by atoms with Crippen molar-refractivity contribution in [3.8, 4) is 17.2 Å². The molecule has 1 amide bonds. The van der Waals surface area contributed by atoms with Crippen molar-refractivity contribution in [1.82, 2.24) is 20.5 Å². The van der Waals surface area contributed by atoms with Gasteiger partial charge in [-0.3, -0.25) is 9.89 Å². The maximum atomic E-state index is 12.4. The highest BCUT2D eigenvalue weighted by Gasteiger charge is 2.17. The Morgan fingerprint density at radius 3 is 3.04 bits per heavy atom. The van der Waals surface area contributed by atoms with E-state index >= 15 is 0 Å². The number of H-pyrrole nitrogens is 1. The largest absolute Gasteiger partial charge is 0.487 e. The Kier molecular flexibility index (Phi) is 4.68.